The zero-order chi connectivity index (χ0) is 10.8. The minimum Gasteiger partial charge on any atom is -0.399 e. The third-order valence-electron chi connectivity index (χ3n) is 2.39. The Labute approximate surface area is 114 Å². The van der Waals surface area contributed by atoms with Crippen LogP contribution >= 0.6 is 24.8 Å². The number of hydrogen-bond donors (Lipinski definition) is 1. The molecular formula is C12H17Cl2N3. The highest BCUT2D eigenvalue weighted by molar-refractivity contribution is 5.85. The number of rotatable bonds is 2. The van der Waals surface area contributed by atoms with E-state index >= 15 is 0 Å². The molecule has 0 unspecified atom stereocenters. The van der Waals surface area contributed by atoms with Gasteiger partial charge in [-0.1, -0.05) is 12.1 Å². The summed E-state index contributed by atoms with van der Waals surface area (Å²) in [5.41, 5.74) is 9.94. The molecule has 0 amide bonds. The minimum atomic E-state index is 0. The third kappa shape index (κ3) is 3.95. The summed E-state index contributed by atoms with van der Waals surface area (Å²) in [6, 6.07) is 9.98. The molecule has 0 bridgehead atoms. The van der Waals surface area contributed by atoms with Crippen molar-refractivity contribution in [2.24, 2.45) is 0 Å². The van der Waals surface area contributed by atoms with Gasteiger partial charge < -0.3 is 5.73 Å². The highest BCUT2D eigenvalue weighted by atomic mass is 35.5. The molecule has 0 aliphatic heterocycles. The molecule has 0 radical (unpaired) electrons. The van der Waals surface area contributed by atoms with Crippen LogP contribution < -0.4 is 5.73 Å². The van der Waals surface area contributed by atoms with Crippen LogP contribution in [0, 0.1) is 13.8 Å². The summed E-state index contributed by atoms with van der Waals surface area (Å²) >= 11 is 0. The van der Waals surface area contributed by atoms with Crippen molar-refractivity contribution < 1.29 is 0 Å². The monoisotopic (exact) mass is 273 g/mol. The quantitative estimate of drug-likeness (QED) is 0.855. The van der Waals surface area contributed by atoms with Crippen molar-refractivity contribution in [3.8, 4) is 0 Å². The molecule has 2 rings (SSSR count). The van der Waals surface area contributed by atoms with Crippen LogP contribution in [-0.2, 0) is 6.54 Å². The van der Waals surface area contributed by atoms with E-state index in [1.54, 1.807) is 0 Å². The summed E-state index contributed by atoms with van der Waals surface area (Å²) in [5, 5.41) is 4.41. The lowest BCUT2D eigenvalue weighted by molar-refractivity contribution is 0.659. The molecule has 1 aromatic carbocycles. The van der Waals surface area contributed by atoms with Crippen molar-refractivity contribution in [3.63, 3.8) is 0 Å². The molecule has 5 heteroatoms. The molecule has 0 fully saturated rings. The average molecular weight is 274 g/mol. The standard InChI is InChI=1S/C12H15N3.2ClH/c1-9-6-10(2)15(14-9)8-11-4-3-5-12(13)7-11;;/h3-7H,8,13H2,1-2H3;2*1H. The number of aromatic nitrogens is 2. The molecule has 0 aliphatic rings. The summed E-state index contributed by atoms with van der Waals surface area (Å²) in [6.07, 6.45) is 0. The first-order valence-electron chi connectivity index (χ1n) is 5.00. The topological polar surface area (TPSA) is 43.8 Å². The van der Waals surface area contributed by atoms with E-state index < -0.39 is 0 Å². The largest absolute Gasteiger partial charge is 0.399 e. The van der Waals surface area contributed by atoms with Crippen LogP contribution in [0.25, 0.3) is 0 Å². The van der Waals surface area contributed by atoms with Gasteiger partial charge in [0.05, 0.1) is 12.2 Å². The van der Waals surface area contributed by atoms with Crippen LogP contribution in [0.2, 0.25) is 0 Å². The minimum absolute atomic E-state index is 0. The van der Waals surface area contributed by atoms with Crippen molar-refractivity contribution >= 4 is 30.5 Å². The fourth-order valence-corrected chi connectivity index (χ4v) is 1.70. The van der Waals surface area contributed by atoms with E-state index in [4.69, 9.17) is 5.73 Å². The molecule has 2 N–H and O–H groups in total. The van der Waals surface area contributed by atoms with Gasteiger partial charge in [0.15, 0.2) is 0 Å². The number of aryl methyl sites for hydroxylation is 2. The first-order chi connectivity index (χ1) is 7.15. The zero-order valence-corrected chi connectivity index (χ0v) is 11.5. The lowest BCUT2D eigenvalue weighted by atomic mass is 10.2. The average Bonchev–Trinajstić information content (AvgIpc) is 2.45. The molecule has 94 valence electrons. The van der Waals surface area contributed by atoms with Crippen molar-refractivity contribution in [3.05, 3.63) is 47.3 Å². The highest BCUT2D eigenvalue weighted by Crippen LogP contribution is 2.10. The maximum atomic E-state index is 5.73. The first-order valence-corrected chi connectivity index (χ1v) is 5.00. The lowest BCUT2D eigenvalue weighted by Gasteiger charge is -2.05. The van der Waals surface area contributed by atoms with Gasteiger partial charge in [-0.2, -0.15) is 5.10 Å². The van der Waals surface area contributed by atoms with Gasteiger partial charge in [0.25, 0.3) is 0 Å². The molecule has 1 heterocycles. The van der Waals surface area contributed by atoms with Gasteiger partial charge in [0.2, 0.25) is 0 Å². The molecule has 3 nitrogen and oxygen atoms in total. The van der Waals surface area contributed by atoms with Crippen LogP contribution in [0.5, 0.6) is 0 Å². The number of benzene rings is 1. The number of nitrogens with two attached hydrogens (primary N) is 1. The smallest absolute Gasteiger partial charge is 0.0663 e. The summed E-state index contributed by atoms with van der Waals surface area (Å²) in [4.78, 5) is 0. The third-order valence-corrected chi connectivity index (χ3v) is 2.39. The maximum absolute atomic E-state index is 5.73. The van der Waals surface area contributed by atoms with E-state index in [-0.39, 0.29) is 24.8 Å². The van der Waals surface area contributed by atoms with Gasteiger partial charge in [-0.15, -0.1) is 24.8 Å². The zero-order valence-electron chi connectivity index (χ0n) is 9.88. The summed E-state index contributed by atoms with van der Waals surface area (Å²) < 4.78 is 1.99. The Hall–Kier alpha value is -1.19. The van der Waals surface area contributed by atoms with Crippen molar-refractivity contribution in [1.29, 1.82) is 0 Å². The molecular weight excluding hydrogens is 257 g/mol. The lowest BCUT2D eigenvalue weighted by Crippen LogP contribution is -2.04. The second kappa shape index (κ2) is 6.52. The number of nitrogens with zero attached hydrogens (tertiary/aromatic N) is 2. The summed E-state index contributed by atoms with van der Waals surface area (Å²) in [5.74, 6) is 0. The summed E-state index contributed by atoms with van der Waals surface area (Å²) in [7, 11) is 0. The van der Waals surface area contributed by atoms with Gasteiger partial charge >= 0.3 is 0 Å². The predicted molar refractivity (Wildman–Crippen MR) is 76.2 cm³/mol. The van der Waals surface area contributed by atoms with E-state index in [2.05, 4.69) is 24.2 Å². The van der Waals surface area contributed by atoms with Gasteiger partial charge in [-0.3, -0.25) is 4.68 Å². The Morgan fingerprint density at radius 2 is 1.88 bits per heavy atom. The Bertz CT molecular complexity index is 480. The molecule has 0 atom stereocenters. The van der Waals surface area contributed by atoms with Gasteiger partial charge in [0.1, 0.15) is 0 Å². The molecule has 1 aromatic heterocycles. The fourth-order valence-electron chi connectivity index (χ4n) is 1.70. The number of anilines is 1. The van der Waals surface area contributed by atoms with Gasteiger partial charge in [-0.25, -0.2) is 0 Å². The second-order valence-electron chi connectivity index (χ2n) is 3.83. The Morgan fingerprint density at radius 1 is 1.18 bits per heavy atom. The summed E-state index contributed by atoms with van der Waals surface area (Å²) in [6.45, 7) is 4.85. The van der Waals surface area contributed by atoms with Crippen LogP contribution in [-0.4, -0.2) is 9.78 Å². The van der Waals surface area contributed by atoms with Crippen molar-refractivity contribution in [1.82, 2.24) is 9.78 Å². The van der Waals surface area contributed by atoms with Crippen LogP contribution in [0.15, 0.2) is 30.3 Å². The fraction of sp³-hybridized carbons (Fsp3) is 0.250. The number of halogens is 2. The van der Waals surface area contributed by atoms with Gasteiger partial charge in [0, 0.05) is 11.4 Å². The maximum Gasteiger partial charge on any atom is 0.0663 e. The van der Waals surface area contributed by atoms with E-state index in [0.717, 1.165) is 17.9 Å². The predicted octanol–water partition coefficient (Wildman–Crippen LogP) is 2.97. The Kier molecular flexibility index (Phi) is 6.07. The SMILES string of the molecule is Cc1cc(C)n(Cc2cccc(N)c2)n1.Cl.Cl. The normalized spacial score (nSPS) is 9.29. The molecule has 0 spiro atoms. The first kappa shape index (κ1) is 15.8. The van der Waals surface area contributed by atoms with Crippen molar-refractivity contribution in [2.45, 2.75) is 20.4 Å². The highest BCUT2D eigenvalue weighted by Gasteiger charge is 2.01. The Morgan fingerprint density at radius 3 is 2.41 bits per heavy atom. The Balaban J connectivity index is 0.00000128. The molecule has 0 saturated carbocycles. The van der Waals surface area contributed by atoms with Crippen LogP contribution in [0.4, 0.5) is 5.69 Å². The van der Waals surface area contributed by atoms with E-state index in [9.17, 15) is 0 Å². The van der Waals surface area contributed by atoms with Crippen LogP contribution in [0.1, 0.15) is 17.0 Å². The van der Waals surface area contributed by atoms with Crippen molar-refractivity contribution in [2.75, 3.05) is 5.73 Å². The van der Waals surface area contributed by atoms with E-state index in [1.807, 2.05) is 29.8 Å². The number of nitrogen functional groups attached to an aromatic ring is 1. The van der Waals surface area contributed by atoms with E-state index in [1.165, 1.54) is 11.3 Å². The molecule has 2 aromatic rings. The van der Waals surface area contributed by atoms with Crippen LogP contribution in [0.3, 0.4) is 0 Å². The molecule has 17 heavy (non-hydrogen) atoms. The second-order valence-corrected chi connectivity index (χ2v) is 3.83. The molecule has 0 saturated heterocycles. The van der Waals surface area contributed by atoms with E-state index in [0.29, 0.717) is 0 Å². The molecule has 0 aliphatic carbocycles. The number of hydrogen-bond acceptors (Lipinski definition) is 2. The van der Waals surface area contributed by atoms with Gasteiger partial charge in [-0.05, 0) is 37.6 Å².